The summed E-state index contributed by atoms with van der Waals surface area (Å²) >= 11 is 0. The summed E-state index contributed by atoms with van der Waals surface area (Å²) in [6.45, 7) is 3.06. The van der Waals surface area contributed by atoms with Crippen molar-refractivity contribution in [1.82, 2.24) is 19.7 Å². The van der Waals surface area contributed by atoms with Crippen LogP contribution in [-0.2, 0) is 19.9 Å². The lowest BCUT2D eigenvalue weighted by Crippen LogP contribution is -2.34. The van der Waals surface area contributed by atoms with E-state index in [1.807, 2.05) is 34.8 Å². The van der Waals surface area contributed by atoms with Crippen LogP contribution in [0.25, 0.3) is 11.3 Å². The fourth-order valence-corrected chi connectivity index (χ4v) is 3.51. The fraction of sp³-hybridized carbons (Fsp3) is 0.316. The first-order valence-corrected chi connectivity index (χ1v) is 8.44. The molecule has 1 aromatic carbocycles. The molecule has 128 valence electrons. The number of hydrogen-bond donors (Lipinski definition) is 0. The molecule has 0 saturated carbocycles. The van der Waals surface area contributed by atoms with Gasteiger partial charge in [-0.1, -0.05) is 30.3 Å². The Morgan fingerprint density at radius 1 is 1.16 bits per heavy atom. The average molecular weight is 336 g/mol. The van der Waals surface area contributed by atoms with Crippen LogP contribution in [0.5, 0.6) is 0 Å². The summed E-state index contributed by atoms with van der Waals surface area (Å²) in [5.74, 6) is 0.498. The number of oxazole rings is 1. The van der Waals surface area contributed by atoms with Gasteiger partial charge in [0.2, 0.25) is 0 Å². The molecule has 0 radical (unpaired) electrons. The van der Waals surface area contributed by atoms with Crippen LogP contribution >= 0.6 is 0 Å². The molecular weight excluding hydrogens is 316 g/mol. The molecular formula is C19H20N4O2. The number of carbonyl (C=O) groups is 1. The molecule has 0 saturated heterocycles. The largest absolute Gasteiger partial charge is 0.448 e. The van der Waals surface area contributed by atoms with Gasteiger partial charge in [0.15, 0.2) is 12.1 Å². The standard InChI is InChI=1S/C19H20N4O2/c1-13-17(20-12-25-13)19(24)23-10-8-15-16(9-11-23)21-22(2)18(15)14-6-4-3-5-7-14/h3-7,12H,8-11H2,1-2H3. The van der Waals surface area contributed by atoms with Gasteiger partial charge >= 0.3 is 0 Å². The van der Waals surface area contributed by atoms with Gasteiger partial charge in [-0.3, -0.25) is 9.48 Å². The van der Waals surface area contributed by atoms with Gasteiger partial charge in [-0.15, -0.1) is 0 Å². The molecule has 0 aliphatic carbocycles. The fourth-order valence-electron chi connectivity index (χ4n) is 3.51. The van der Waals surface area contributed by atoms with E-state index >= 15 is 0 Å². The molecule has 6 heteroatoms. The minimum Gasteiger partial charge on any atom is -0.448 e. The Balaban J connectivity index is 1.62. The van der Waals surface area contributed by atoms with Crippen LogP contribution < -0.4 is 0 Å². The van der Waals surface area contributed by atoms with Crippen molar-refractivity contribution < 1.29 is 9.21 Å². The average Bonchev–Trinajstić information content (AvgIpc) is 3.11. The molecule has 2 aromatic heterocycles. The van der Waals surface area contributed by atoms with Gasteiger partial charge in [0, 0.05) is 37.7 Å². The van der Waals surface area contributed by atoms with Crippen molar-refractivity contribution >= 4 is 5.91 Å². The minimum atomic E-state index is -0.0676. The second-order valence-electron chi connectivity index (χ2n) is 6.31. The van der Waals surface area contributed by atoms with Crippen molar-refractivity contribution in [3.63, 3.8) is 0 Å². The summed E-state index contributed by atoms with van der Waals surface area (Å²) in [4.78, 5) is 18.6. The minimum absolute atomic E-state index is 0.0676. The first-order valence-electron chi connectivity index (χ1n) is 8.44. The lowest BCUT2D eigenvalue weighted by molar-refractivity contribution is 0.0756. The Kier molecular flexibility index (Phi) is 3.87. The van der Waals surface area contributed by atoms with Gasteiger partial charge in [0.25, 0.3) is 5.91 Å². The second-order valence-corrected chi connectivity index (χ2v) is 6.31. The maximum absolute atomic E-state index is 12.7. The highest BCUT2D eigenvalue weighted by atomic mass is 16.3. The van der Waals surface area contributed by atoms with Crippen LogP contribution in [0.1, 0.15) is 27.5 Å². The maximum Gasteiger partial charge on any atom is 0.276 e. The third-order valence-electron chi connectivity index (χ3n) is 4.76. The van der Waals surface area contributed by atoms with Gasteiger partial charge in [-0.25, -0.2) is 4.98 Å². The Morgan fingerprint density at radius 2 is 1.92 bits per heavy atom. The molecule has 0 spiro atoms. The van der Waals surface area contributed by atoms with Gasteiger partial charge in [0.1, 0.15) is 5.76 Å². The summed E-state index contributed by atoms with van der Waals surface area (Å²) in [7, 11) is 1.98. The Hall–Kier alpha value is -2.89. The lowest BCUT2D eigenvalue weighted by atomic mass is 10.0. The van der Waals surface area contributed by atoms with E-state index in [-0.39, 0.29) is 5.91 Å². The van der Waals surface area contributed by atoms with Gasteiger partial charge in [-0.2, -0.15) is 5.10 Å². The molecule has 1 aliphatic heterocycles. The number of carbonyl (C=O) groups excluding carboxylic acids is 1. The molecule has 1 amide bonds. The number of nitrogens with zero attached hydrogens (tertiary/aromatic N) is 4. The Morgan fingerprint density at radius 3 is 2.64 bits per heavy atom. The lowest BCUT2D eigenvalue weighted by Gasteiger charge is -2.19. The molecule has 0 atom stereocenters. The molecule has 0 fully saturated rings. The quantitative estimate of drug-likeness (QED) is 0.722. The third-order valence-corrected chi connectivity index (χ3v) is 4.76. The van der Waals surface area contributed by atoms with Crippen LogP contribution in [0.2, 0.25) is 0 Å². The van der Waals surface area contributed by atoms with E-state index in [0.29, 0.717) is 24.5 Å². The molecule has 3 heterocycles. The van der Waals surface area contributed by atoms with Gasteiger partial charge in [0.05, 0.1) is 11.4 Å². The first-order chi connectivity index (χ1) is 12.1. The van der Waals surface area contributed by atoms with E-state index in [2.05, 4.69) is 17.1 Å². The number of aryl methyl sites for hydroxylation is 2. The van der Waals surface area contributed by atoms with E-state index in [1.165, 1.54) is 12.0 Å². The predicted molar refractivity (Wildman–Crippen MR) is 93.2 cm³/mol. The van der Waals surface area contributed by atoms with Crippen molar-refractivity contribution in [3.05, 3.63) is 59.4 Å². The van der Waals surface area contributed by atoms with E-state index in [9.17, 15) is 4.79 Å². The Bertz CT molecular complexity index is 911. The van der Waals surface area contributed by atoms with Gasteiger partial charge < -0.3 is 9.32 Å². The number of fused-ring (bicyclic) bond motifs is 1. The van der Waals surface area contributed by atoms with E-state index < -0.39 is 0 Å². The van der Waals surface area contributed by atoms with Crippen molar-refractivity contribution in [3.8, 4) is 11.3 Å². The SMILES string of the molecule is Cc1ocnc1C(=O)N1CCc2nn(C)c(-c3ccccc3)c2CC1. The zero-order valence-electron chi connectivity index (χ0n) is 14.4. The molecule has 0 bridgehead atoms. The summed E-state index contributed by atoms with van der Waals surface area (Å²) in [6.07, 6.45) is 2.86. The summed E-state index contributed by atoms with van der Waals surface area (Å²) in [5.41, 5.74) is 5.02. The molecule has 25 heavy (non-hydrogen) atoms. The number of amides is 1. The molecule has 0 N–H and O–H groups in total. The van der Waals surface area contributed by atoms with Gasteiger partial charge in [-0.05, 0) is 13.3 Å². The number of hydrogen-bond acceptors (Lipinski definition) is 4. The zero-order chi connectivity index (χ0) is 17.4. The predicted octanol–water partition coefficient (Wildman–Crippen LogP) is 2.62. The molecule has 4 rings (SSSR count). The topological polar surface area (TPSA) is 64.2 Å². The van der Waals surface area contributed by atoms with Crippen molar-refractivity contribution in [2.24, 2.45) is 7.05 Å². The van der Waals surface area contributed by atoms with Crippen LogP contribution in [0, 0.1) is 6.92 Å². The molecule has 6 nitrogen and oxygen atoms in total. The number of benzene rings is 1. The van der Waals surface area contributed by atoms with Crippen molar-refractivity contribution in [2.75, 3.05) is 13.1 Å². The van der Waals surface area contributed by atoms with E-state index in [4.69, 9.17) is 9.52 Å². The monoisotopic (exact) mass is 336 g/mol. The Labute approximate surface area is 146 Å². The van der Waals surface area contributed by atoms with E-state index in [1.54, 1.807) is 6.92 Å². The molecule has 3 aromatic rings. The first kappa shape index (κ1) is 15.6. The second kappa shape index (κ2) is 6.20. The number of aromatic nitrogens is 3. The van der Waals surface area contributed by atoms with Crippen molar-refractivity contribution in [2.45, 2.75) is 19.8 Å². The van der Waals surface area contributed by atoms with Crippen molar-refractivity contribution in [1.29, 1.82) is 0 Å². The smallest absolute Gasteiger partial charge is 0.276 e. The summed E-state index contributed by atoms with van der Waals surface area (Å²) in [6, 6.07) is 10.3. The highest BCUT2D eigenvalue weighted by Gasteiger charge is 2.26. The third kappa shape index (κ3) is 2.73. The highest BCUT2D eigenvalue weighted by Crippen LogP contribution is 2.28. The van der Waals surface area contributed by atoms with Crippen LogP contribution in [0.3, 0.4) is 0 Å². The van der Waals surface area contributed by atoms with Crippen LogP contribution in [0.4, 0.5) is 0 Å². The normalized spacial score (nSPS) is 14.2. The summed E-state index contributed by atoms with van der Waals surface area (Å²) in [5, 5.41) is 4.71. The number of rotatable bonds is 2. The molecule has 1 aliphatic rings. The highest BCUT2D eigenvalue weighted by molar-refractivity contribution is 5.93. The zero-order valence-corrected chi connectivity index (χ0v) is 14.4. The van der Waals surface area contributed by atoms with Crippen LogP contribution in [-0.4, -0.2) is 38.7 Å². The van der Waals surface area contributed by atoms with Crippen LogP contribution in [0.15, 0.2) is 41.1 Å². The summed E-state index contributed by atoms with van der Waals surface area (Å²) < 4.78 is 7.13. The molecule has 0 unspecified atom stereocenters. The maximum atomic E-state index is 12.7. The van der Waals surface area contributed by atoms with E-state index in [0.717, 1.165) is 29.8 Å².